The molecule has 0 spiro atoms. The Morgan fingerprint density at radius 1 is 1.22 bits per heavy atom. The van der Waals surface area contributed by atoms with Gasteiger partial charge in [-0.2, -0.15) is 0 Å². The van der Waals surface area contributed by atoms with Crippen LogP contribution >= 0.6 is 0 Å². The SMILES string of the molecule is COc1ccc(COC2C[C@H](O)[C@H](C/C=C\CCCC(=O)O)[C@H]2CO)cc1. The highest BCUT2D eigenvalue weighted by Crippen LogP contribution is 2.37. The van der Waals surface area contributed by atoms with E-state index in [0.717, 1.165) is 11.3 Å². The second-order valence-corrected chi connectivity index (χ2v) is 7.00. The molecule has 1 aliphatic rings. The summed E-state index contributed by atoms with van der Waals surface area (Å²) in [5.74, 6) is -0.154. The fourth-order valence-corrected chi connectivity index (χ4v) is 3.59. The Bertz CT molecular complexity index is 597. The monoisotopic (exact) mass is 378 g/mol. The van der Waals surface area contributed by atoms with Crippen LogP contribution < -0.4 is 4.74 Å². The number of aliphatic hydroxyl groups is 2. The highest BCUT2D eigenvalue weighted by molar-refractivity contribution is 5.66. The molecule has 0 aliphatic heterocycles. The summed E-state index contributed by atoms with van der Waals surface area (Å²) in [5, 5.41) is 28.8. The topological polar surface area (TPSA) is 96.2 Å². The van der Waals surface area contributed by atoms with Crippen molar-refractivity contribution >= 4 is 5.97 Å². The third-order valence-corrected chi connectivity index (χ3v) is 5.17. The normalized spacial score (nSPS) is 25.1. The van der Waals surface area contributed by atoms with Crippen LogP contribution in [0.5, 0.6) is 5.75 Å². The van der Waals surface area contributed by atoms with Gasteiger partial charge in [-0.3, -0.25) is 4.79 Å². The van der Waals surface area contributed by atoms with Crippen molar-refractivity contribution in [1.82, 2.24) is 0 Å². The molecule has 6 nitrogen and oxygen atoms in total. The zero-order chi connectivity index (χ0) is 19.6. The molecule has 1 unspecified atom stereocenters. The van der Waals surface area contributed by atoms with Crippen LogP contribution in [0, 0.1) is 11.8 Å². The zero-order valence-electron chi connectivity index (χ0n) is 15.8. The molecule has 0 aromatic heterocycles. The van der Waals surface area contributed by atoms with Gasteiger partial charge in [0.1, 0.15) is 5.75 Å². The molecule has 1 aromatic rings. The first-order valence-corrected chi connectivity index (χ1v) is 9.45. The van der Waals surface area contributed by atoms with E-state index in [1.165, 1.54) is 0 Å². The summed E-state index contributed by atoms with van der Waals surface area (Å²) < 4.78 is 11.1. The molecule has 6 heteroatoms. The fraction of sp³-hybridized carbons (Fsp3) is 0.571. The molecule has 0 amide bonds. The highest BCUT2D eigenvalue weighted by Gasteiger charge is 2.42. The lowest BCUT2D eigenvalue weighted by Crippen LogP contribution is -2.26. The first-order valence-electron chi connectivity index (χ1n) is 9.45. The molecule has 3 N–H and O–H groups in total. The van der Waals surface area contributed by atoms with Gasteiger partial charge < -0.3 is 24.8 Å². The molecule has 27 heavy (non-hydrogen) atoms. The molecular weight excluding hydrogens is 348 g/mol. The minimum Gasteiger partial charge on any atom is -0.497 e. The molecule has 1 fully saturated rings. The Kier molecular flexibility index (Phi) is 8.78. The van der Waals surface area contributed by atoms with E-state index in [0.29, 0.717) is 32.3 Å². The van der Waals surface area contributed by atoms with Gasteiger partial charge in [0.15, 0.2) is 0 Å². The predicted octanol–water partition coefficient (Wildman–Crippen LogP) is 2.77. The molecule has 1 saturated carbocycles. The molecular formula is C21H30O6. The van der Waals surface area contributed by atoms with Crippen LogP contribution in [0.3, 0.4) is 0 Å². The predicted molar refractivity (Wildman–Crippen MR) is 102 cm³/mol. The van der Waals surface area contributed by atoms with Crippen molar-refractivity contribution in [2.75, 3.05) is 13.7 Å². The third-order valence-electron chi connectivity index (χ3n) is 5.17. The van der Waals surface area contributed by atoms with Crippen molar-refractivity contribution < 1.29 is 29.6 Å². The van der Waals surface area contributed by atoms with E-state index in [9.17, 15) is 15.0 Å². The highest BCUT2D eigenvalue weighted by atomic mass is 16.5. The Hall–Kier alpha value is -1.89. The molecule has 2 rings (SSSR count). The van der Waals surface area contributed by atoms with Crippen LogP contribution in [-0.4, -0.2) is 47.2 Å². The molecule has 1 aromatic carbocycles. The number of aliphatic carboxylic acids is 1. The van der Waals surface area contributed by atoms with E-state index in [4.69, 9.17) is 14.6 Å². The van der Waals surface area contributed by atoms with Crippen LogP contribution in [0.2, 0.25) is 0 Å². The number of hydrogen-bond donors (Lipinski definition) is 3. The van der Waals surface area contributed by atoms with Crippen molar-refractivity contribution in [3.05, 3.63) is 42.0 Å². The minimum atomic E-state index is -0.785. The van der Waals surface area contributed by atoms with E-state index >= 15 is 0 Å². The lowest BCUT2D eigenvalue weighted by atomic mass is 9.91. The number of ether oxygens (including phenoxy) is 2. The number of methoxy groups -OCH3 is 1. The largest absolute Gasteiger partial charge is 0.497 e. The van der Waals surface area contributed by atoms with E-state index in [2.05, 4.69) is 0 Å². The van der Waals surface area contributed by atoms with Gasteiger partial charge in [-0.05, 0) is 42.9 Å². The number of aliphatic hydroxyl groups excluding tert-OH is 2. The van der Waals surface area contributed by atoms with E-state index in [-0.39, 0.29) is 31.0 Å². The summed E-state index contributed by atoms with van der Waals surface area (Å²) in [6.07, 6.45) is 5.88. The van der Waals surface area contributed by atoms with Crippen molar-refractivity contribution in [3.8, 4) is 5.75 Å². The molecule has 150 valence electrons. The zero-order valence-corrected chi connectivity index (χ0v) is 15.8. The first-order chi connectivity index (χ1) is 13.0. The summed E-state index contributed by atoms with van der Waals surface area (Å²) in [4.78, 5) is 10.5. The Morgan fingerprint density at radius 2 is 1.96 bits per heavy atom. The Labute approximate surface area is 160 Å². The summed E-state index contributed by atoms with van der Waals surface area (Å²) in [5.41, 5.74) is 1.02. The molecule has 0 saturated heterocycles. The number of carboxylic acids is 1. The fourth-order valence-electron chi connectivity index (χ4n) is 3.59. The lowest BCUT2D eigenvalue weighted by molar-refractivity contribution is -0.137. The van der Waals surface area contributed by atoms with Crippen LogP contribution in [0.1, 0.15) is 37.7 Å². The standard InChI is InChI=1S/C21H30O6/c1-26-16-10-8-15(9-11-16)14-27-20-12-19(23)17(18(20)13-22)6-4-2-3-5-7-21(24)25/h2,4,8-11,17-20,22-23H,3,5-7,12-14H2,1H3,(H,24,25)/b4-2-/t17-,18-,19+,20?/m1/s1. The van der Waals surface area contributed by atoms with Gasteiger partial charge in [-0.15, -0.1) is 0 Å². The summed E-state index contributed by atoms with van der Waals surface area (Å²) >= 11 is 0. The van der Waals surface area contributed by atoms with Crippen molar-refractivity contribution in [2.45, 2.75) is 50.9 Å². The van der Waals surface area contributed by atoms with Crippen molar-refractivity contribution in [2.24, 2.45) is 11.8 Å². The molecule has 0 bridgehead atoms. The number of benzene rings is 1. The average Bonchev–Trinajstić information content (AvgIpc) is 2.97. The maximum atomic E-state index is 10.5. The lowest BCUT2D eigenvalue weighted by Gasteiger charge is -2.23. The second-order valence-electron chi connectivity index (χ2n) is 7.00. The first kappa shape index (κ1) is 21.4. The van der Waals surface area contributed by atoms with Gasteiger partial charge in [0, 0.05) is 25.4 Å². The number of carboxylic acid groups (broad SMARTS) is 1. The number of carbonyl (C=O) groups is 1. The summed E-state index contributed by atoms with van der Waals surface area (Å²) in [7, 11) is 1.62. The van der Waals surface area contributed by atoms with E-state index in [1.807, 2.05) is 36.4 Å². The van der Waals surface area contributed by atoms with Gasteiger partial charge >= 0.3 is 5.97 Å². The van der Waals surface area contributed by atoms with Gasteiger partial charge in [0.2, 0.25) is 0 Å². The Balaban J connectivity index is 1.82. The van der Waals surface area contributed by atoms with Crippen LogP contribution in [0.25, 0.3) is 0 Å². The quantitative estimate of drug-likeness (QED) is 0.405. The van der Waals surface area contributed by atoms with Gasteiger partial charge in [0.05, 0.1) is 25.9 Å². The van der Waals surface area contributed by atoms with Crippen LogP contribution in [-0.2, 0) is 16.1 Å². The summed E-state index contributed by atoms with van der Waals surface area (Å²) in [6, 6.07) is 7.64. The van der Waals surface area contributed by atoms with Gasteiger partial charge in [-0.25, -0.2) is 0 Å². The average molecular weight is 378 g/mol. The maximum Gasteiger partial charge on any atom is 0.303 e. The van der Waals surface area contributed by atoms with E-state index in [1.54, 1.807) is 7.11 Å². The summed E-state index contributed by atoms with van der Waals surface area (Å²) in [6.45, 7) is 0.400. The number of allylic oxidation sites excluding steroid dienone is 2. The smallest absolute Gasteiger partial charge is 0.303 e. The molecule has 0 heterocycles. The Morgan fingerprint density at radius 3 is 2.59 bits per heavy atom. The number of unbranched alkanes of at least 4 members (excludes halogenated alkanes) is 1. The second kappa shape index (κ2) is 11.1. The molecule has 1 aliphatic carbocycles. The van der Waals surface area contributed by atoms with Crippen LogP contribution in [0.4, 0.5) is 0 Å². The van der Waals surface area contributed by atoms with Gasteiger partial charge in [-0.1, -0.05) is 24.3 Å². The van der Waals surface area contributed by atoms with E-state index < -0.39 is 12.1 Å². The minimum absolute atomic E-state index is 0.0259. The maximum absolute atomic E-state index is 10.5. The number of hydrogen-bond acceptors (Lipinski definition) is 5. The molecule has 0 radical (unpaired) electrons. The molecule has 4 atom stereocenters. The van der Waals surface area contributed by atoms with Crippen LogP contribution in [0.15, 0.2) is 36.4 Å². The van der Waals surface area contributed by atoms with Gasteiger partial charge in [0.25, 0.3) is 0 Å². The number of rotatable bonds is 11. The van der Waals surface area contributed by atoms with Crippen molar-refractivity contribution in [3.63, 3.8) is 0 Å². The third kappa shape index (κ3) is 6.65. The van der Waals surface area contributed by atoms with Crippen molar-refractivity contribution in [1.29, 1.82) is 0 Å².